The summed E-state index contributed by atoms with van der Waals surface area (Å²) in [6.07, 6.45) is 1.69. The minimum atomic E-state index is 0.566. The molecule has 0 saturated carbocycles. The molecule has 1 rings (SSSR count). The van der Waals surface area contributed by atoms with Gasteiger partial charge in [0.15, 0.2) is 5.75 Å². The number of hydrazine groups is 1. The lowest BCUT2D eigenvalue weighted by Crippen LogP contribution is -2.23. The van der Waals surface area contributed by atoms with Crippen LogP contribution in [-0.4, -0.2) is 16.9 Å². The molecule has 0 spiro atoms. The van der Waals surface area contributed by atoms with Gasteiger partial charge in [-0.25, -0.2) is 0 Å². The lowest BCUT2D eigenvalue weighted by Gasteiger charge is -2.05. The Hall–Kier alpha value is -1.07. The molecule has 0 saturated heterocycles. The molecule has 1 aromatic heterocycles. The summed E-state index contributed by atoms with van der Waals surface area (Å²) in [5.41, 5.74) is 3.55. The fourth-order valence-corrected chi connectivity index (χ4v) is 1.11. The molecule has 3 N–H and O–H groups in total. The molecule has 12 heavy (non-hydrogen) atoms. The Bertz CT molecular complexity index is 224. The normalized spacial score (nSPS) is 10.2. The van der Waals surface area contributed by atoms with Crippen molar-refractivity contribution in [3.05, 3.63) is 11.9 Å². The molecule has 0 radical (unpaired) electrons. The van der Waals surface area contributed by atoms with E-state index >= 15 is 0 Å². The first kappa shape index (κ1) is 9.02. The molecule has 68 valence electrons. The Morgan fingerprint density at radius 3 is 3.00 bits per heavy atom. The fourth-order valence-electron chi connectivity index (χ4n) is 1.11. The predicted molar refractivity (Wildman–Crippen MR) is 45.5 cm³/mol. The highest BCUT2D eigenvalue weighted by molar-refractivity contribution is 5.24. The van der Waals surface area contributed by atoms with E-state index in [0.717, 1.165) is 18.0 Å². The molecule has 0 amide bonds. The number of hydrogen-bond acceptors (Lipinski definition) is 4. The molecule has 0 aromatic carbocycles. The Balaban J connectivity index is 2.90. The minimum absolute atomic E-state index is 0.566. The standard InChI is InChI=1S/C7H14N4O/c1-3-11-6(4-9-8)7(12-2)5-10-11/h5,9H,3-4,8H2,1-2H3. The zero-order chi connectivity index (χ0) is 8.97. The van der Waals surface area contributed by atoms with Gasteiger partial charge in [0.1, 0.15) is 0 Å². The van der Waals surface area contributed by atoms with E-state index in [1.807, 2.05) is 11.6 Å². The molecule has 1 aromatic rings. The number of nitrogens with one attached hydrogen (secondary N) is 1. The van der Waals surface area contributed by atoms with E-state index in [1.54, 1.807) is 13.3 Å². The Kier molecular flexibility index (Phi) is 3.07. The second-order valence-corrected chi connectivity index (χ2v) is 2.36. The lowest BCUT2D eigenvalue weighted by molar-refractivity contribution is 0.405. The first-order valence-corrected chi connectivity index (χ1v) is 3.85. The average Bonchev–Trinajstić information content (AvgIpc) is 2.48. The van der Waals surface area contributed by atoms with Crippen LogP contribution < -0.4 is 16.0 Å². The largest absolute Gasteiger partial charge is 0.493 e. The number of aryl methyl sites for hydroxylation is 1. The van der Waals surface area contributed by atoms with Crippen molar-refractivity contribution in [2.24, 2.45) is 5.84 Å². The SMILES string of the molecule is CCn1ncc(OC)c1CNN. The van der Waals surface area contributed by atoms with Crippen LogP contribution in [0.4, 0.5) is 0 Å². The van der Waals surface area contributed by atoms with Gasteiger partial charge in [0.2, 0.25) is 0 Å². The molecule has 0 fully saturated rings. The van der Waals surface area contributed by atoms with Gasteiger partial charge in [-0.05, 0) is 6.92 Å². The van der Waals surface area contributed by atoms with Crippen LogP contribution in [0.3, 0.4) is 0 Å². The quantitative estimate of drug-likeness (QED) is 0.488. The van der Waals surface area contributed by atoms with Gasteiger partial charge in [-0.3, -0.25) is 16.0 Å². The lowest BCUT2D eigenvalue weighted by atomic mass is 10.4. The average molecular weight is 170 g/mol. The molecule has 5 nitrogen and oxygen atoms in total. The third kappa shape index (κ3) is 1.57. The van der Waals surface area contributed by atoms with Gasteiger partial charge in [0, 0.05) is 6.54 Å². The summed E-state index contributed by atoms with van der Waals surface area (Å²) in [7, 11) is 1.62. The molecular formula is C7H14N4O. The zero-order valence-corrected chi connectivity index (χ0v) is 7.37. The van der Waals surface area contributed by atoms with Gasteiger partial charge in [-0.15, -0.1) is 0 Å². The van der Waals surface area contributed by atoms with Crippen LogP contribution in [0.1, 0.15) is 12.6 Å². The topological polar surface area (TPSA) is 65.1 Å². The second kappa shape index (κ2) is 4.08. The first-order valence-electron chi connectivity index (χ1n) is 3.85. The molecule has 1 heterocycles. The predicted octanol–water partition coefficient (Wildman–Crippen LogP) is -0.125. The molecule has 0 aliphatic rings. The van der Waals surface area contributed by atoms with Gasteiger partial charge in [0.05, 0.1) is 25.5 Å². The van der Waals surface area contributed by atoms with Crippen LogP contribution >= 0.6 is 0 Å². The summed E-state index contributed by atoms with van der Waals surface area (Å²) in [6, 6.07) is 0. The van der Waals surface area contributed by atoms with Gasteiger partial charge < -0.3 is 4.74 Å². The van der Waals surface area contributed by atoms with Gasteiger partial charge in [-0.2, -0.15) is 5.10 Å². The van der Waals surface area contributed by atoms with Gasteiger partial charge in [0.25, 0.3) is 0 Å². The summed E-state index contributed by atoms with van der Waals surface area (Å²) in [5, 5.41) is 4.12. The van der Waals surface area contributed by atoms with Gasteiger partial charge >= 0.3 is 0 Å². The highest BCUT2D eigenvalue weighted by atomic mass is 16.5. The molecule has 0 atom stereocenters. The molecule has 0 aliphatic carbocycles. The maximum absolute atomic E-state index is 5.22. The van der Waals surface area contributed by atoms with Crippen molar-refractivity contribution in [3.63, 3.8) is 0 Å². The van der Waals surface area contributed by atoms with E-state index in [9.17, 15) is 0 Å². The minimum Gasteiger partial charge on any atom is -0.493 e. The maximum Gasteiger partial charge on any atom is 0.161 e. The monoisotopic (exact) mass is 170 g/mol. The number of ether oxygens (including phenoxy) is 1. The smallest absolute Gasteiger partial charge is 0.161 e. The number of nitrogens with zero attached hydrogens (tertiary/aromatic N) is 2. The number of methoxy groups -OCH3 is 1. The molecule has 0 aliphatic heterocycles. The van der Waals surface area contributed by atoms with Crippen LogP contribution in [0.25, 0.3) is 0 Å². The van der Waals surface area contributed by atoms with Crippen molar-refractivity contribution >= 4 is 0 Å². The number of aromatic nitrogens is 2. The van der Waals surface area contributed by atoms with Crippen molar-refractivity contribution in [1.29, 1.82) is 0 Å². The summed E-state index contributed by atoms with van der Waals surface area (Å²) in [6.45, 7) is 3.41. The van der Waals surface area contributed by atoms with Gasteiger partial charge in [-0.1, -0.05) is 0 Å². The Labute approximate surface area is 71.5 Å². The van der Waals surface area contributed by atoms with Crippen LogP contribution in [0.2, 0.25) is 0 Å². The fraction of sp³-hybridized carbons (Fsp3) is 0.571. The van der Waals surface area contributed by atoms with Crippen molar-refractivity contribution in [1.82, 2.24) is 15.2 Å². The molecular weight excluding hydrogens is 156 g/mol. The van der Waals surface area contributed by atoms with E-state index < -0.39 is 0 Å². The third-order valence-corrected chi connectivity index (χ3v) is 1.70. The van der Waals surface area contributed by atoms with E-state index in [-0.39, 0.29) is 0 Å². The van der Waals surface area contributed by atoms with Crippen LogP contribution in [0.15, 0.2) is 6.20 Å². The van der Waals surface area contributed by atoms with Crippen LogP contribution in [0, 0.1) is 0 Å². The highest BCUT2D eigenvalue weighted by Gasteiger charge is 2.08. The van der Waals surface area contributed by atoms with E-state index in [2.05, 4.69) is 10.5 Å². The Morgan fingerprint density at radius 2 is 2.50 bits per heavy atom. The first-order chi connectivity index (χ1) is 5.83. The zero-order valence-electron chi connectivity index (χ0n) is 7.37. The van der Waals surface area contributed by atoms with E-state index in [1.165, 1.54) is 0 Å². The van der Waals surface area contributed by atoms with Crippen LogP contribution in [-0.2, 0) is 13.1 Å². The second-order valence-electron chi connectivity index (χ2n) is 2.36. The van der Waals surface area contributed by atoms with E-state index in [0.29, 0.717) is 6.54 Å². The Morgan fingerprint density at radius 1 is 1.75 bits per heavy atom. The highest BCUT2D eigenvalue weighted by Crippen LogP contribution is 2.16. The summed E-state index contributed by atoms with van der Waals surface area (Å²) < 4.78 is 6.95. The summed E-state index contributed by atoms with van der Waals surface area (Å²) >= 11 is 0. The molecule has 0 bridgehead atoms. The summed E-state index contributed by atoms with van der Waals surface area (Å²) in [5.74, 6) is 5.99. The number of nitrogens with two attached hydrogens (primary N) is 1. The molecule has 0 unspecified atom stereocenters. The van der Waals surface area contributed by atoms with E-state index in [4.69, 9.17) is 10.6 Å². The van der Waals surface area contributed by atoms with Crippen molar-refractivity contribution in [2.45, 2.75) is 20.0 Å². The summed E-state index contributed by atoms with van der Waals surface area (Å²) in [4.78, 5) is 0. The van der Waals surface area contributed by atoms with Crippen molar-refractivity contribution in [3.8, 4) is 5.75 Å². The number of rotatable bonds is 4. The van der Waals surface area contributed by atoms with Crippen LogP contribution in [0.5, 0.6) is 5.75 Å². The maximum atomic E-state index is 5.22. The van der Waals surface area contributed by atoms with Crippen molar-refractivity contribution < 1.29 is 4.74 Å². The number of hydrogen-bond donors (Lipinski definition) is 2. The molecule has 5 heteroatoms. The third-order valence-electron chi connectivity index (χ3n) is 1.70. The van der Waals surface area contributed by atoms with Crippen molar-refractivity contribution in [2.75, 3.05) is 7.11 Å².